The van der Waals surface area contributed by atoms with E-state index in [1.54, 1.807) is 28.8 Å². The molecule has 3 nitrogen and oxygen atoms in total. The molecule has 1 aliphatic rings. The Morgan fingerprint density at radius 3 is 2.78 bits per heavy atom. The van der Waals surface area contributed by atoms with Gasteiger partial charge >= 0.3 is 6.03 Å². The van der Waals surface area contributed by atoms with Crippen LogP contribution in [0.5, 0.6) is 0 Å². The van der Waals surface area contributed by atoms with Crippen LogP contribution in [0.4, 0.5) is 9.18 Å². The Morgan fingerprint density at radius 2 is 2.04 bits per heavy atom. The Hall–Kier alpha value is -1.23. The molecular weight excluding hydrogens is 311 g/mol. The lowest BCUT2D eigenvalue weighted by molar-refractivity contribution is 0.193. The average Bonchev–Trinajstić information content (AvgIpc) is 2.57. The van der Waals surface area contributed by atoms with Gasteiger partial charge in [0.2, 0.25) is 0 Å². The first-order valence-corrected chi connectivity index (χ1v) is 9.62. The van der Waals surface area contributed by atoms with Gasteiger partial charge in [-0.3, -0.25) is 0 Å². The molecule has 0 bridgehead atoms. The van der Waals surface area contributed by atoms with Crippen molar-refractivity contribution in [1.82, 2.24) is 10.2 Å². The molecule has 0 unspecified atom stereocenters. The first-order valence-electron chi connectivity index (χ1n) is 8.47. The van der Waals surface area contributed by atoms with Crippen molar-refractivity contribution in [3.63, 3.8) is 0 Å². The second-order valence-electron chi connectivity index (χ2n) is 6.26. The second-order valence-corrected chi connectivity index (χ2v) is 7.37. The minimum Gasteiger partial charge on any atom is -0.337 e. The predicted molar refractivity (Wildman–Crippen MR) is 95.2 cm³/mol. The molecule has 2 amide bonds. The minimum absolute atomic E-state index is 0.00191. The summed E-state index contributed by atoms with van der Waals surface area (Å²) in [5, 5.41) is 2.95. The quantitative estimate of drug-likeness (QED) is 0.753. The van der Waals surface area contributed by atoms with Crippen molar-refractivity contribution in [2.75, 3.05) is 25.9 Å². The van der Waals surface area contributed by atoms with E-state index in [2.05, 4.69) is 5.32 Å². The van der Waals surface area contributed by atoms with Gasteiger partial charge < -0.3 is 10.2 Å². The van der Waals surface area contributed by atoms with E-state index in [1.165, 1.54) is 38.2 Å². The van der Waals surface area contributed by atoms with Crippen LogP contribution < -0.4 is 5.32 Å². The van der Waals surface area contributed by atoms with Crippen LogP contribution in [0.15, 0.2) is 24.3 Å². The van der Waals surface area contributed by atoms with Crippen LogP contribution in [0, 0.1) is 11.7 Å². The fraction of sp³-hybridized carbons (Fsp3) is 0.611. The van der Waals surface area contributed by atoms with Crippen molar-refractivity contribution < 1.29 is 9.18 Å². The highest BCUT2D eigenvalue weighted by Crippen LogP contribution is 2.24. The predicted octanol–water partition coefficient (Wildman–Crippen LogP) is 4.28. The summed E-state index contributed by atoms with van der Waals surface area (Å²) in [5.74, 6) is 1.93. The minimum atomic E-state index is -0.156. The molecule has 1 N–H and O–H groups in total. The molecule has 0 heterocycles. The molecule has 1 aromatic rings. The summed E-state index contributed by atoms with van der Waals surface area (Å²) in [5.41, 5.74) is 0.721. The molecule has 0 aromatic heterocycles. The van der Waals surface area contributed by atoms with Crippen molar-refractivity contribution in [3.05, 3.63) is 35.6 Å². The molecule has 1 saturated carbocycles. The van der Waals surface area contributed by atoms with Crippen LogP contribution in [0.25, 0.3) is 0 Å². The Kier molecular flexibility index (Phi) is 7.72. The van der Waals surface area contributed by atoms with Crippen molar-refractivity contribution in [2.24, 2.45) is 5.92 Å². The maximum atomic E-state index is 13.5. The van der Waals surface area contributed by atoms with Crippen LogP contribution in [0.2, 0.25) is 0 Å². The molecule has 2 rings (SSSR count). The summed E-state index contributed by atoms with van der Waals surface area (Å²) in [7, 11) is 1.87. The number of hydrogen-bond donors (Lipinski definition) is 1. The fourth-order valence-electron chi connectivity index (χ4n) is 3.00. The van der Waals surface area contributed by atoms with Gasteiger partial charge in [0.25, 0.3) is 0 Å². The van der Waals surface area contributed by atoms with Crippen LogP contribution in [-0.2, 0) is 5.75 Å². The number of hydrogen-bond acceptors (Lipinski definition) is 2. The van der Waals surface area contributed by atoms with E-state index in [0.717, 1.165) is 17.9 Å². The monoisotopic (exact) mass is 338 g/mol. The van der Waals surface area contributed by atoms with E-state index in [-0.39, 0.29) is 11.8 Å². The average molecular weight is 338 g/mol. The first kappa shape index (κ1) is 18.1. The lowest BCUT2D eigenvalue weighted by Crippen LogP contribution is -2.41. The van der Waals surface area contributed by atoms with E-state index < -0.39 is 0 Å². The molecule has 128 valence electrons. The topological polar surface area (TPSA) is 32.3 Å². The maximum absolute atomic E-state index is 13.5. The molecule has 0 spiro atoms. The number of amides is 2. The molecule has 1 aliphatic carbocycles. The van der Waals surface area contributed by atoms with Gasteiger partial charge in [0.1, 0.15) is 5.82 Å². The Morgan fingerprint density at radius 1 is 1.30 bits per heavy atom. The zero-order chi connectivity index (χ0) is 16.5. The zero-order valence-corrected chi connectivity index (χ0v) is 14.7. The number of thioether (sulfide) groups is 1. The van der Waals surface area contributed by atoms with Crippen LogP contribution in [0.3, 0.4) is 0 Å². The smallest absolute Gasteiger partial charge is 0.317 e. The highest BCUT2D eigenvalue weighted by molar-refractivity contribution is 7.98. The van der Waals surface area contributed by atoms with Gasteiger partial charge in [0, 0.05) is 31.6 Å². The van der Waals surface area contributed by atoms with Crippen molar-refractivity contribution in [2.45, 2.75) is 37.9 Å². The lowest BCUT2D eigenvalue weighted by atomic mass is 9.89. The van der Waals surface area contributed by atoms with Gasteiger partial charge in [0.05, 0.1) is 0 Å². The summed E-state index contributed by atoms with van der Waals surface area (Å²) in [6, 6.07) is 6.84. The molecule has 0 atom stereocenters. The van der Waals surface area contributed by atoms with Crippen LogP contribution in [-0.4, -0.2) is 36.8 Å². The third-order valence-electron chi connectivity index (χ3n) is 4.34. The summed E-state index contributed by atoms with van der Waals surface area (Å²) >= 11 is 1.64. The molecule has 0 radical (unpaired) electrons. The molecule has 1 aromatic carbocycles. The van der Waals surface area contributed by atoms with Crippen molar-refractivity contribution in [1.29, 1.82) is 0 Å². The Labute approximate surface area is 143 Å². The fourth-order valence-corrected chi connectivity index (χ4v) is 3.85. The number of carbonyl (C=O) groups excluding carboxylic acids is 1. The number of rotatable bonds is 7. The third kappa shape index (κ3) is 6.42. The number of nitrogens with one attached hydrogen (secondary N) is 1. The van der Waals surface area contributed by atoms with Gasteiger partial charge in [-0.2, -0.15) is 11.8 Å². The Bertz CT molecular complexity index is 492. The summed E-state index contributed by atoms with van der Waals surface area (Å²) < 4.78 is 13.5. The van der Waals surface area contributed by atoms with Crippen molar-refractivity contribution in [3.8, 4) is 0 Å². The summed E-state index contributed by atoms with van der Waals surface area (Å²) in [4.78, 5) is 13.9. The number of halogens is 1. The largest absolute Gasteiger partial charge is 0.337 e. The van der Waals surface area contributed by atoms with Gasteiger partial charge in [-0.05, 0) is 30.4 Å². The molecule has 23 heavy (non-hydrogen) atoms. The maximum Gasteiger partial charge on any atom is 0.317 e. The number of nitrogens with zero attached hydrogens (tertiary/aromatic N) is 1. The van der Waals surface area contributed by atoms with E-state index in [9.17, 15) is 9.18 Å². The van der Waals surface area contributed by atoms with Crippen molar-refractivity contribution >= 4 is 17.8 Å². The van der Waals surface area contributed by atoms with Crippen LogP contribution in [0.1, 0.15) is 37.7 Å². The normalized spacial score (nSPS) is 15.4. The molecule has 1 fully saturated rings. The van der Waals surface area contributed by atoms with Crippen LogP contribution >= 0.6 is 11.8 Å². The Balaban J connectivity index is 1.58. The molecule has 0 aliphatic heterocycles. The third-order valence-corrected chi connectivity index (χ3v) is 5.35. The van der Waals surface area contributed by atoms with E-state index in [1.807, 2.05) is 13.1 Å². The van der Waals surface area contributed by atoms with E-state index >= 15 is 0 Å². The zero-order valence-electron chi connectivity index (χ0n) is 13.9. The highest BCUT2D eigenvalue weighted by atomic mass is 32.2. The standard InChI is InChI=1S/C18H27FN2OS/c1-21(13-15-7-3-2-4-8-15)18(22)20-11-12-23-14-16-9-5-6-10-17(16)19/h5-6,9-10,15H,2-4,7-8,11-14H2,1H3,(H,20,22). The van der Waals surface area contributed by atoms with E-state index in [4.69, 9.17) is 0 Å². The lowest BCUT2D eigenvalue weighted by Gasteiger charge is -2.27. The van der Waals surface area contributed by atoms with Gasteiger partial charge in [-0.15, -0.1) is 0 Å². The number of urea groups is 1. The molecule has 0 saturated heterocycles. The number of carbonyl (C=O) groups is 1. The van der Waals surface area contributed by atoms with Gasteiger partial charge in [-0.1, -0.05) is 37.5 Å². The summed E-state index contributed by atoms with van der Waals surface area (Å²) in [6.45, 7) is 1.47. The van der Waals surface area contributed by atoms with Gasteiger partial charge in [0.15, 0.2) is 0 Å². The highest BCUT2D eigenvalue weighted by Gasteiger charge is 2.17. The first-order chi connectivity index (χ1) is 11.2. The number of benzene rings is 1. The summed E-state index contributed by atoms with van der Waals surface area (Å²) in [6.07, 6.45) is 6.43. The SMILES string of the molecule is CN(CC1CCCCC1)C(=O)NCCSCc1ccccc1F. The molecule has 5 heteroatoms. The second kappa shape index (κ2) is 9.81. The van der Waals surface area contributed by atoms with E-state index in [0.29, 0.717) is 18.2 Å². The molecular formula is C18H27FN2OS. The van der Waals surface area contributed by atoms with Gasteiger partial charge in [-0.25, -0.2) is 9.18 Å².